The lowest BCUT2D eigenvalue weighted by molar-refractivity contribution is 0.659. The first-order chi connectivity index (χ1) is 22.2. The third kappa shape index (κ3) is 3.56. The second-order valence-corrected chi connectivity index (χ2v) is 14.5. The quantitative estimate of drug-likeness (QED) is 0.188. The molecule has 0 atom stereocenters. The lowest BCUT2D eigenvalue weighted by Gasteiger charge is -2.24. The average Bonchev–Trinajstić information content (AvgIpc) is 3.44. The van der Waals surface area contributed by atoms with E-state index in [2.05, 4.69) is 163 Å². The van der Waals surface area contributed by atoms with Crippen LogP contribution in [0.3, 0.4) is 0 Å². The molecule has 0 saturated carbocycles. The highest BCUT2D eigenvalue weighted by atomic mass is 14.4. The van der Waals surface area contributed by atoms with Crippen LogP contribution in [-0.4, -0.2) is 0 Å². The molecular formula is C46H38. The van der Waals surface area contributed by atoms with Crippen molar-refractivity contribution >= 4 is 27.6 Å². The van der Waals surface area contributed by atoms with E-state index in [9.17, 15) is 0 Å². The minimum Gasteiger partial charge on any atom is -0.0798 e. The van der Waals surface area contributed by atoms with Crippen molar-refractivity contribution in [2.24, 2.45) is 0 Å². The lowest BCUT2D eigenvalue weighted by Crippen LogP contribution is -2.15. The Bertz CT molecular complexity index is 2480. The molecule has 2 aliphatic rings. The first kappa shape index (κ1) is 27.4. The number of rotatable bonds is 2. The molecule has 0 aliphatic heterocycles. The van der Waals surface area contributed by atoms with Crippen LogP contribution < -0.4 is 5.22 Å². The van der Waals surface area contributed by atoms with Gasteiger partial charge in [0.1, 0.15) is 0 Å². The Morgan fingerprint density at radius 3 is 1.63 bits per heavy atom. The van der Waals surface area contributed by atoms with Crippen LogP contribution in [0.2, 0.25) is 0 Å². The highest BCUT2D eigenvalue weighted by Crippen LogP contribution is 2.53. The normalized spacial score (nSPS) is 15.7. The fraction of sp³-hybridized carbons (Fsp3) is 0.174. The van der Waals surface area contributed by atoms with Gasteiger partial charge in [-0.2, -0.15) is 0 Å². The smallest absolute Gasteiger partial charge is 0.0159 e. The summed E-state index contributed by atoms with van der Waals surface area (Å²) in [5.74, 6) is 0. The molecule has 9 rings (SSSR count). The molecule has 0 heteroatoms. The Kier molecular flexibility index (Phi) is 5.54. The molecule has 0 fully saturated rings. The van der Waals surface area contributed by atoms with Gasteiger partial charge in [0.2, 0.25) is 0 Å². The SMILES string of the molecule is C/C=c1/ccc2ccc(-c3ccc4c(c3)C(C)(C)c3cc(-c5ccc6c(c5)C(C)(C)c5ccccc5-6)ccc3-4)c3ccc(C)c1c23. The molecule has 0 unspecified atom stereocenters. The van der Waals surface area contributed by atoms with E-state index < -0.39 is 0 Å². The molecule has 0 heterocycles. The number of benzene rings is 7. The minimum atomic E-state index is -0.104. The Hall–Kier alpha value is -4.94. The topological polar surface area (TPSA) is 0 Å². The zero-order valence-corrected chi connectivity index (χ0v) is 27.5. The van der Waals surface area contributed by atoms with Crippen molar-refractivity contribution < 1.29 is 0 Å². The van der Waals surface area contributed by atoms with Gasteiger partial charge in [0.25, 0.3) is 0 Å². The summed E-state index contributed by atoms with van der Waals surface area (Å²) in [6.45, 7) is 13.9. The first-order valence-electron chi connectivity index (χ1n) is 16.6. The number of fused-ring (bicyclic) bond motifs is 6. The van der Waals surface area contributed by atoms with Gasteiger partial charge in [0.05, 0.1) is 0 Å². The molecule has 0 radical (unpaired) electrons. The van der Waals surface area contributed by atoms with Crippen molar-refractivity contribution in [2.75, 3.05) is 0 Å². The molecule has 0 saturated heterocycles. The standard InChI is InChI=1S/C46H38/c1-7-28-13-14-29-15-20-33(38-19-12-27(2)43(28)44(29)38)32-18-23-37-36-22-17-31(25-41(36)46(5,6)42(37)26-32)30-16-21-35-34-10-8-9-11-39(34)45(3,4)40(35)24-30/h7-26H,1-6H3/b28-7-. The maximum atomic E-state index is 2.47. The van der Waals surface area contributed by atoms with Gasteiger partial charge < -0.3 is 0 Å². The van der Waals surface area contributed by atoms with Crippen molar-refractivity contribution in [3.8, 4) is 44.5 Å². The highest BCUT2D eigenvalue weighted by molar-refractivity contribution is 6.16. The molecule has 0 nitrogen and oxygen atoms in total. The monoisotopic (exact) mass is 590 g/mol. The minimum absolute atomic E-state index is 0.00426. The summed E-state index contributed by atoms with van der Waals surface area (Å²) in [5.41, 5.74) is 17.6. The van der Waals surface area contributed by atoms with Crippen LogP contribution in [0.25, 0.3) is 72.1 Å². The van der Waals surface area contributed by atoms with Crippen molar-refractivity contribution in [3.63, 3.8) is 0 Å². The van der Waals surface area contributed by atoms with Crippen LogP contribution in [0, 0.1) is 6.92 Å². The van der Waals surface area contributed by atoms with Gasteiger partial charge in [-0.3, -0.25) is 0 Å². The second kappa shape index (κ2) is 9.30. The first-order valence-corrected chi connectivity index (χ1v) is 16.6. The highest BCUT2D eigenvalue weighted by Gasteiger charge is 2.37. The Labute approximate surface area is 272 Å². The van der Waals surface area contributed by atoms with E-state index in [0.717, 1.165) is 0 Å². The van der Waals surface area contributed by atoms with Crippen molar-refractivity contribution in [2.45, 2.75) is 52.4 Å². The summed E-state index contributed by atoms with van der Waals surface area (Å²) >= 11 is 0. The van der Waals surface area contributed by atoms with Gasteiger partial charge in [0, 0.05) is 10.8 Å². The van der Waals surface area contributed by atoms with Crippen LogP contribution >= 0.6 is 0 Å². The van der Waals surface area contributed by atoms with Gasteiger partial charge in [-0.15, -0.1) is 0 Å². The number of hydrogen-bond acceptors (Lipinski definition) is 0. The van der Waals surface area contributed by atoms with Gasteiger partial charge >= 0.3 is 0 Å². The van der Waals surface area contributed by atoms with E-state index in [4.69, 9.17) is 0 Å². The Morgan fingerprint density at radius 1 is 0.457 bits per heavy atom. The van der Waals surface area contributed by atoms with Gasteiger partial charge in [-0.05, 0) is 131 Å². The largest absolute Gasteiger partial charge is 0.0798 e. The average molecular weight is 591 g/mol. The Balaban J connectivity index is 1.15. The van der Waals surface area contributed by atoms with Crippen LogP contribution in [0.4, 0.5) is 0 Å². The number of hydrogen-bond donors (Lipinski definition) is 0. The van der Waals surface area contributed by atoms with E-state index in [-0.39, 0.29) is 10.8 Å². The number of aryl methyl sites for hydroxylation is 1. The molecule has 0 spiro atoms. The van der Waals surface area contributed by atoms with E-state index in [1.54, 1.807) is 0 Å². The van der Waals surface area contributed by atoms with Gasteiger partial charge in [0.15, 0.2) is 0 Å². The van der Waals surface area contributed by atoms with Crippen molar-refractivity contribution in [1.29, 1.82) is 0 Å². The van der Waals surface area contributed by atoms with Crippen LogP contribution in [0.15, 0.2) is 115 Å². The van der Waals surface area contributed by atoms with Crippen molar-refractivity contribution in [1.82, 2.24) is 0 Å². The Morgan fingerprint density at radius 2 is 0.978 bits per heavy atom. The van der Waals surface area contributed by atoms with Crippen LogP contribution in [0.1, 0.15) is 62.4 Å². The fourth-order valence-corrected chi connectivity index (χ4v) is 8.81. The summed E-state index contributed by atoms with van der Waals surface area (Å²) in [7, 11) is 0. The van der Waals surface area contributed by atoms with Gasteiger partial charge in [-0.1, -0.05) is 131 Å². The predicted molar refractivity (Wildman–Crippen MR) is 198 cm³/mol. The maximum absolute atomic E-state index is 2.47. The van der Waals surface area contributed by atoms with Gasteiger partial charge in [-0.25, -0.2) is 0 Å². The molecule has 0 bridgehead atoms. The third-order valence-electron chi connectivity index (χ3n) is 11.4. The summed E-state index contributed by atoms with van der Waals surface area (Å²) in [6.07, 6.45) is 2.24. The van der Waals surface area contributed by atoms with E-state index >= 15 is 0 Å². The molecule has 46 heavy (non-hydrogen) atoms. The fourth-order valence-electron chi connectivity index (χ4n) is 8.81. The van der Waals surface area contributed by atoms with Crippen LogP contribution in [-0.2, 0) is 10.8 Å². The predicted octanol–water partition coefficient (Wildman–Crippen LogP) is 11.8. The van der Waals surface area contributed by atoms with E-state index in [1.807, 2.05) is 0 Å². The van der Waals surface area contributed by atoms with E-state index in [1.165, 1.54) is 99.1 Å². The molecule has 7 aromatic carbocycles. The van der Waals surface area contributed by atoms with E-state index in [0.29, 0.717) is 0 Å². The summed E-state index contributed by atoms with van der Waals surface area (Å²) in [4.78, 5) is 0. The third-order valence-corrected chi connectivity index (χ3v) is 11.4. The molecular weight excluding hydrogens is 553 g/mol. The zero-order valence-electron chi connectivity index (χ0n) is 27.5. The molecule has 222 valence electrons. The molecule has 0 N–H and O–H groups in total. The summed E-state index contributed by atoms with van der Waals surface area (Å²) in [5, 5.41) is 6.70. The van der Waals surface area contributed by atoms with Crippen molar-refractivity contribution in [3.05, 3.63) is 148 Å². The lowest BCUT2D eigenvalue weighted by atomic mass is 9.79. The summed E-state index contributed by atoms with van der Waals surface area (Å²) in [6, 6.07) is 44.1. The van der Waals surface area contributed by atoms with Crippen LogP contribution in [0.5, 0.6) is 0 Å². The maximum Gasteiger partial charge on any atom is 0.0159 e. The summed E-state index contributed by atoms with van der Waals surface area (Å²) < 4.78 is 0. The zero-order chi connectivity index (χ0) is 31.5. The second-order valence-electron chi connectivity index (χ2n) is 14.5. The molecule has 2 aliphatic carbocycles. The molecule has 0 amide bonds. The molecule has 0 aromatic heterocycles. The molecule has 7 aromatic rings.